The highest BCUT2D eigenvalue weighted by atomic mass is 31.2. The van der Waals surface area contributed by atoms with Crippen LogP contribution in [-0.4, -0.2) is 22.5 Å². The second-order valence-corrected chi connectivity index (χ2v) is 1.89. The predicted octanol–water partition coefficient (Wildman–Crippen LogP) is -1.38. The first-order valence-electron chi connectivity index (χ1n) is 1.26. The number of phosphoric acid groups is 1. The summed E-state index contributed by atoms with van der Waals surface area (Å²) in [5.74, 6) is 0. The van der Waals surface area contributed by atoms with Crippen LogP contribution in [0.15, 0.2) is 0 Å². The van der Waals surface area contributed by atoms with Gasteiger partial charge in [-0.05, 0) is 0 Å². The van der Waals surface area contributed by atoms with Gasteiger partial charge < -0.3 is 19.3 Å². The summed E-state index contributed by atoms with van der Waals surface area (Å²) in [4.78, 5) is 15.4. The van der Waals surface area contributed by atoms with E-state index in [1.54, 1.807) is 0 Å². The molecule has 3 N–H and O–H groups in total. The van der Waals surface area contributed by atoms with Gasteiger partial charge in [0.1, 0.15) is 0 Å². The van der Waals surface area contributed by atoms with Gasteiger partial charge in [-0.15, -0.1) is 0 Å². The molecule has 0 aliphatic carbocycles. The zero-order valence-electron chi connectivity index (χ0n) is 3.18. The van der Waals surface area contributed by atoms with Crippen molar-refractivity contribution in [2.45, 2.75) is 0 Å². The Hall–Kier alpha value is 0.135. The Morgan fingerprint density at radius 3 is 2.00 bits per heavy atom. The average Bonchev–Trinajstić information content (AvgIpc) is 1.30. The summed E-state index contributed by atoms with van der Waals surface area (Å²) in [6.07, 6.45) is 0. The van der Waals surface area contributed by atoms with Crippen molar-refractivity contribution >= 4 is 15.5 Å². The van der Waals surface area contributed by atoms with Gasteiger partial charge in [0.15, 0.2) is 0 Å². The molecule has 0 heterocycles. The summed E-state index contributed by atoms with van der Waals surface area (Å²) in [6, 6.07) is 0. The third kappa shape index (κ3) is 6.13. The molecular formula is H3BO5P. The molecule has 7 heavy (non-hydrogen) atoms. The van der Waals surface area contributed by atoms with Gasteiger partial charge >= 0.3 is 15.5 Å². The molecule has 0 bridgehead atoms. The highest BCUT2D eigenvalue weighted by molar-refractivity contribution is 7.47. The molecule has 0 aromatic rings. The van der Waals surface area contributed by atoms with Crippen molar-refractivity contribution in [3.8, 4) is 0 Å². The van der Waals surface area contributed by atoms with Crippen LogP contribution in [-0.2, 0) is 9.01 Å². The summed E-state index contributed by atoms with van der Waals surface area (Å²) in [7, 11) is -4.53. The van der Waals surface area contributed by atoms with E-state index in [1.807, 2.05) is 0 Å². The van der Waals surface area contributed by atoms with Crippen LogP contribution in [0, 0.1) is 0 Å². The fraction of sp³-hybridized carbons (Fsp3) is 0. The van der Waals surface area contributed by atoms with Crippen molar-refractivity contribution in [1.29, 1.82) is 0 Å². The number of hydrogen-bond donors (Lipinski definition) is 3. The standard InChI is InChI=1S/BH3O5P/c2-1-6-7(3,4)5/h2H,(H2,3,4,5). The second kappa shape index (κ2) is 2.44. The Balaban J connectivity index is 3.36. The van der Waals surface area contributed by atoms with Crippen molar-refractivity contribution in [3.63, 3.8) is 0 Å². The first-order valence-corrected chi connectivity index (χ1v) is 2.79. The van der Waals surface area contributed by atoms with Gasteiger partial charge in [-0.1, -0.05) is 0 Å². The minimum atomic E-state index is -4.47. The lowest BCUT2D eigenvalue weighted by molar-refractivity contribution is 0.273. The zero-order valence-corrected chi connectivity index (χ0v) is 4.08. The van der Waals surface area contributed by atoms with Crippen molar-refractivity contribution in [1.82, 2.24) is 0 Å². The number of rotatable bonds is 2. The first-order chi connectivity index (χ1) is 3.06. The fourth-order valence-corrected chi connectivity index (χ4v) is 0.184. The minimum absolute atomic E-state index is 0.0548. The van der Waals surface area contributed by atoms with Crippen LogP contribution in [0.4, 0.5) is 0 Å². The first kappa shape index (κ1) is 7.13. The fourth-order valence-electron chi connectivity index (χ4n) is 0.0614. The highest BCUT2D eigenvalue weighted by Crippen LogP contribution is 2.34. The molecule has 0 rings (SSSR count). The molecule has 1 radical (unpaired) electrons. The molecular weight excluding hydrogens is 122 g/mol. The molecule has 0 aromatic heterocycles. The van der Waals surface area contributed by atoms with Gasteiger partial charge in [0.05, 0.1) is 0 Å². The van der Waals surface area contributed by atoms with E-state index in [2.05, 4.69) is 4.44 Å². The van der Waals surface area contributed by atoms with Gasteiger partial charge in [-0.25, -0.2) is 4.57 Å². The maximum Gasteiger partial charge on any atom is 0.494 e. The minimum Gasteiger partial charge on any atom is -0.429 e. The molecule has 7 heteroatoms. The largest absolute Gasteiger partial charge is 0.494 e. The van der Waals surface area contributed by atoms with E-state index in [1.165, 1.54) is 0 Å². The Morgan fingerprint density at radius 2 is 2.00 bits per heavy atom. The molecule has 0 fully saturated rings. The average molecular weight is 125 g/mol. The van der Waals surface area contributed by atoms with Gasteiger partial charge in [0, 0.05) is 0 Å². The van der Waals surface area contributed by atoms with Gasteiger partial charge in [0.2, 0.25) is 0 Å². The van der Waals surface area contributed by atoms with Crippen LogP contribution in [0.5, 0.6) is 0 Å². The predicted molar refractivity (Wildman–Crippen MR) is 21.1 cm³/mol. The summed E-state index contributed by atoms with van der Waals surface area (Å²) < 4.78 is 12.8. The molecule has 41 valence electrons. The van der Waals surface area contributed by atoms with E-state index >= 15 is 0 Å². The molecule has 0 amide bonds. The third-order valence-corrected chi connectivity index (χ3v) is 0.553. The molecule has 0 aliphatic rings. The quantitative estimate of drug-likeness (QED) is 0.312. The van der Waals surface area contributed by atoms with Crippen LogP contribution in [0.25, 0.3) is 0 Å². The second-order valence-electron chi connectivity index (χ2n) is 0.701. The summed E-state index contributed by atoms with van der Waals surface area (Å²) in [6.45, 7) is 0. The molecule has 0 unspecified atom stereocenters. The lowest BCUT2D eigenvalue weighted by Crippen LogP contribution is -1.92. The third-order valence-electron chi connectivity index (χ3n) is 0.184. The maximum atomic E-state index is 9.51. The Labute approximate surface area is 40.5 Å². The summed E-state index contributed by atoms with van der Waals surface area (Å²) in [5, 5.41) is 7.56. The summed E-state index contributed by atoms with van der Waals surface area (Å²) >= 11 is 0. The van der Waals surface area contributed by atoms with Crippen LogP contribution in [0.2, 0.25) is 0 Å². The molecule has 5 nitrogen and oxygen atoms in total. The van der Waals surface area contributed by atoms with E-state index < -0.39 is 7.82 Å². The maximum absolute atomic E-state index is 9.51. The lowest BCUT2D eigenvalue weighted by Gasteiger charge is -1.96. The molecule has 0 atom stereocenters. The van der Waals surface area contributed by atoms with Gasteiger partial charge in [-0.2, -0.15) is 0 Å². The van der Waals surface area contributed by atoms with E-state index in [0.29, 0.717) is 0 Å². The number of hydrogen-bond acceptors (Lipinski definition) is 3. The highest BCUT2D eigenvalue weighted by Gasteiger charge is 2.12. The van der Waals surface area contributed by atoms with E-state index in [-0.39, 0.29) is 7.69 Å². The monoisotopic (exact) mass is 125 g/mol. The SMILES string of the molecule is O=P(O)(O)O[B]O. The Morgan fingerprint density at radius 1 is 1.57 bits per heavy atom. The molecule has 0 saturated carbocycles. The van der Waals surface area contributed by atoms with Gasteiger partial charge in [0.25, 0.3) is 0 Å². The van der Waals surface area contributed by atoms with Crippen LogP contribution in [0.1, 0.15) is 0 Å². The smallest absolute Gasteiger partial charge is 0.429 e. The molecule has 0 spiro atoms. The van der Waals surface area contributed by atoms with E-state index in [9.17, 15) is 4.57 Å². The lowest BCUT2D eigenvalue weighted by atomic mass is 10.5. The molecule has 0 saturated heterocycles. The van der Waals surface area contributed by atoms with Crippen LogP contribution in [0.3, 0.4) is 0 Å². The topological polar surface area (TPSA) is 87.0 Å². The summed E-state index contributed by atoms with van der Waals surface area (Å²) in [5.41, 5.74) is 0. The zero-order chi connectivity index (χ0) is 5.91. The Bertz CT molecular complexity index is 82.1. The van der Waals surface area contributed by atoms with Crippen LogP contribution >= 0.6 is 7.82 Å². The molecule has 0 aliphatic heterocycles. The Kier molecular flexibility index (Phi) is 2.49. The van der Waals surface area contributed by atoms with Crippen molar-refractivity contribution in [2.75, 3.05) is 0 Å². The van der Waals surface area contributed by atoms with Crippen molar-refractivity contribution < 1.29 is 23.8 Å². The van der Waals surface area contributed by atoms with Crippen molar-refractivity contribution in [3.05, 3.63) is 0 Å². The van der Waals surface area contributed by atoms with E-state index in [4.69, 9.17) is 14.8 Å². The molecule has 0 aromatic carbocycles. The van der Waals surface area contributed by atoms with Gasteiger partial charge in [-0.3, -0.25) is 0 Å². The van der Waals surface area contributed by atoms with E-state index in [0.717, 1.165) is 0 Å². The normalized spacial score (nSPS) is 11.3. The van der Waals surface area contributed by atoms with Crippen LogP contribution < -0.4 is 0 Å². The van der Waals surface area contributed by atoms with Crippen molar-refractivity contribution in [2.24, 2.45) is 0 Å².